The van der Waals surface area contributed by atoms with E-state index in [4.69, 9.17) is 0 Å². The van der Waals surface area contributed by atoms with Gasteiger partial charge >= 0.3 is 0 Å². The van der Waals surface area contributed by atoms with E-state index in [0.717, 1.165) is 10.5 Å². The van der Waals surface area contributed by atoms with Crippen molar-refractivity contribution in [2.75, 3.05) is 5.32 Å². The molecule has 0 saturated heterocycles. The van der Waals surface area contributed by atoms with E-state index in [-0.39, 0.29) is 5.91 Å². The Balaban J connectivity index is 1.35. The highest BCUT2D eigenvalue weighted by atomic mass is 16.2. The third kappa shape index (κ3) is 4.11. The molecule has 4 amide bonds. The normalized spacial score (nSPS) is 13.5. The molecule has 1 unspecified atom stereocenters. The molecule has 1 aliphatic heterocycles. The second-order valence-electron chi connectivity index (χ2n) is 7.31. The molecule has 32 heavy (non-hydrogen) atoms. The van der Waals surface area contributed by atoms with Crippen LogP contribution in [0.25, 0.3) is 0 Å². The Hall–Kier alpha value is -4.33. The number of amides is 4. The highest BCUT2D eigenvalue weighted by Gasteiger charge is 2.40. The van der Waals surface area contributed by atoms with Gasteiger partial charge in [0.25, 0.3) is 17.7 Å². The minimum Gasteiger partial charge on any atom is -0.348 e. The standard InChI is InChI=1S/C24H20N4O4/c1-15(28-23(31)19-6-2-3-7-20(19)24(28)32)21(29)27-18-10-8-16(9-11-18)13-26-22(30)17-5-4-12-25-14-17/h2-12,14-15H,13H2,1H3,(H,26,30)(H,27,29). The molecule has 0 fully saturated rings. The van der Waals surface area contributed by atoms with Gasteiger partial charge in [0, 0.05) is 24.6 Å². The zero-order valence-electron chi connectivity index (χ0n) is 17.2. The first kappa shape index (κ1) is 20.9. The van der Waals surface area contributed by atoms with Gasteiger partial charge in [-0.2, -0.15) is 0 Å². The largest absolute Gasteiger partial charge is 0.348 e. The predicted molar refractivity (Wildman–Crippen MR) is 117 cm³/mol. The van der Waals surface area contributed by atoms with Gasteiger partial charge < -0.3 is 10.6 Å². The third-order valence-electron chi connectivity index (χ3n) is 5.19. The van der Waals surface area contributed by atoms with E-state index >= 15 is 0 Å². The number of carbonyl (C=O) groups is 4. The van der Waals surface area contributed by atoms with Crippen molar-refractivity contribution in [1.29, 1.82) is 0 Å². The van der Waals surface area contributed by atoms with Gasteiger partial charge in [-0.25, -0.2) is 0 Å². The minimum atomic E-state index is -0.971. The maximum atomic E-state index is 12.7. The third-order valence-corrected chi connectivity index (χ3v) is 5.19. The number of aromatic nitrogens is 1. The number of carbonyl (C=O) groups excluding carboxylic acids is 4. The minimum absolute atomic E-state index is 0.231. The summed E-state index contributed by atoms with van der Waals surface area (Å²) in [5.74, 6) is -1.66. The van der Waals surface area contributed by atoms with Crippen LogP contribution in [0.5, 0.6) is 0 Å². The summed E-state index contributed by atoms with van der Waals surface area (Å²) in [6, 6.07) is 15.8. The molecule has 3 aromatic rings. The van der Waals surface area contributed by atoms with Crippen LogP contribution < -0.4 is 10.6 Å². The van der Waals surface area contributed by atoms with Crippen molar-refractivity contribution in [2.24, 2.45) is 0 Å². The van der Waals surface area contributed by atoms with E-state index in [1.807, 2.05) is 0 Å². The zero-order valence-corrected chi connectivity index (χ0v) is 17.2. The van der Waals surface area contributed by atoms with Crippen molar-refractivity contribution >= 4 is 29.3 Å². The number of benzene rings is 2. The number of nitrogens with one attached hydrogen (secondary N) is 2. The molecule has 2 N–H and O–H groups in total. The summed E-state index contributed by atoms with van der Waals surface area (Å²) in [5, 5.41) is 5.53. The summed E-state index contributed by atoms with van der Waals surface area (Å²) in [4.78, 5) is 54.8. The predicted octanol–water partition coefficient (Wildman–Crippen LogP) is 2.63. The number of hydrogen-bond donors (Lipinski definition) is 2. The molecule has 1 aliphatic rings. The summed E-state index contributed by atoms with van der Waals surface area (Å²) < 4.78 is 0. The number of rotatable bonds is 6. The van der Waals surface area contributed by atoms with E-state index in [9.17, 15) is 19.2 Å². The van der Waals surface area contributed by atoms with E-state index in [1.54, 1.807) is 66.9 Å². The van der Waals surface area contributed by atoms with E-state index < -0.39 is 23.8 Å². The smallest absolute Gasteiger partial charge is 0.262 e. The topological polar surface area (TPSA) is 108 Å². The van der Waals surface area contributed by atoms with Crippen molar-refractivity contribution < 1.29 is 19.2 Å². The summed E-state index contributed by atoms with van der Waals surface area (Å²) in [7, 11) is 0. The van der Waals surface area contributed by atoms with Gasteiger partial charge in [-0.15, -0.1) is 0 Å². The monoisotopic (exact) mass is 428 g/mol. The fraction of sp³-hybridized carbons (Fsp3) is 0.125. The van der Waals surface area contributed by atoms with Gasteiger partial charge in [-0.3, -0.25) is 29.1 Å². The summed E-state index contributed by atoms with van der Waals surface area (Å²) in [6.45, 7) is 1.83. The molecule has 0 aliphatic carbocycles. The van der Waals surface area contributed by atoms with Gasteiger partial charge in [0.1, 0.15) is 6.04 Å². The van der Waals surface area contributed by atoms with Gasteiger partial charge in [0.2, 0.25) is 5.91 Å². The molecule has 4 rings (SSSR count). The van der Waals surface area contributed by atoms with Crippen LogP contribution in [-0.2, 0) is 11.3 Å². The van der Waals surface area contributed by atoms with Crippen molar-refractivity contribution in [1.82, 2.24) is 15.2 Å². The van der Waals surface area contributed by atoms with Crippen molar-refractivity contribution in [3.63, 3.8) is 0 Å². The molecular formula is C24H20N4O4. The highest BCUT2D eigenvalue weighted by Crippen LogP contribution is 2.25. The lowest BCUT2D eigenvalue weighted by Crippen LogP contribution is -2.45. The van der Waals surface area contributed by atoms with Crippen LogP contribution in [0.15, 0.2) is 73.1 Å². The Kier molecular flexibility index (Phi) is 5.76. The first-order chi connectivity index (χ1) is 15.5. The molecule has 8 nitrogen and oxygen atoms in total. The Bertz CT molecular complexity index is 1160. The molecule has 2 heterocycles. The molecule has 160 valence electrons. The van der Waals surface area contributed by atoms with Crippen molar-refractivity contribution in [3.05, 3.63) is 95.3 Å². The SMILES string of the molecule is CC(C(=O)Nc1ccc(CNC(=O)c2cccnc2)cc1)N1C(=O)c2ccccc2C1=O. The second kappa shape index (κ2) is 8.81. The lowest BCUT2D eigenvalue weighted by atomic mass is 10.1. The van der Waals surface area contributed by atoms with E-state index in [1.165, 1.54) is 13.1 Å². The summed E-state index contributed by atoms with van der Waals surface area (Å²) in [6.07, 6.45) is 3.09. The number of pyridine rings is 1. The van der Waals surface area contributed by atoms with Gasteiger partial charge in [-0.1, -0.05) is 24.3 Å². The van der Waals surface area contributed by atoms with Gasteiger partial charge in [-0.05, 0) is 48.9 Å². The zero-order chi connectivity index (χ0) is 22.7. The lowest BCUT2D eigenvalue weighted by molar-refractivity contribution is -0.119. The quantitative estimate of drug-likeness (QED) is 0.587. The molecule has 2 aromatic carbocycles. The van der Waals surface area contributed by atoms with Crippen LogP contribution in [0.3, 0.4) is 0 Å². The summed E-state index contributed by atoms with van der Waals surface area (Å²) >= 11 is 0. The fourth-order valence-electron chi connectivity index (χ4n) is 3.41. The lowest BCUT2D eigenvalue weighted by Gasteiger charge is -2.21. The van der Waals surface area contributed by atoms with E-state index in [0.29, 0.717) is 28.9 Å². The molecule has 0 spiro atoms. The van der Waals surface area contributed by atoms with Gasteiger partial charge in [0.15, 0.2) is 0 Å². The number of imide groups is 1. The van der Waals surface area contributed by atoms with Gasteiger partial charge in [0.05, 0.1) is 16.7 Å². The fourth-order valence-corrected chi connectivity index (χ4v) is 3.41. The second-order valence-corrected chi connectivity index (χ2v) is 7.31. The maximum Gasteiger partial charge on any atom is 0.262 e. The van der Waals surface area contributed by atoms with Crippen LogP contribution in [0, 0.1) is 0 Å². The van der Waals surface area contributed by atoms with Crippen LogP contribution in [0.4, 0.5) is 5.69 Å². The van der Waals surface area contributed by atoms with Crippen molar-refractivity contribution in [3.8, 4) is 0 Å². The molecular weight excluding hydrogens is 408 g/mol. The molecule has 0 saturated carbocycles. The number of nitrogens with zero attached hydrogens (tertiary/aromatic N) is 2. The first-order valence-corrected chi connectivity index (χ1v) is 10.0. The molecule has 0 bridgehead atoms. The molecule has 0 radical (unpaired) electrons. The summed E-state index contributed by atoms with van der Waals surface area (Å²) in [5.41, 5.74) is 2.43. The number of anilines is 1. The van der Waals surface area contributed by atoms with Crippen LogP contribution in [0.2, 0.25) is 0 Å². The maximum absolute atomic E-state index is 12.7. The molecule has 1 atom stereocenters. The van der Waals surface area contributed by atoms with Crippen LogP contribution in [-0.4, -0.2) is 39.6 Å². The average molecular weight is 428 g/mol. The Morgan fingerprint density at radius 1 is 0.938 bits per heavy atom. The Morgan fingerprint density at radius 3 is 2.19 bits per heavy atom. The average Bonchev–Trinajstić information content (AvgIpc) is 3.08. The number of hydrogen-bond acceptors (Lipinski definition) is 5. The number of fused-ring (bicyclic) bond motifs is 1. The van der Waals surface area contributed by atoms with E-state index in [2.05, 4.69) is 15.6 Å². The molecule has 8 heteroatoms. The Morgan fingerprint density at radius 2 is 1.59 bits per heavy atom. The Labute approximate surface area is 184 Å². The highest BCUT2D eigenvalue weighted by molar-refractivity contribution is 6.23. The van der Waals surface area contributed by atoms with Crippen LogP contribution >= 0.6 is 0 Å². The molecule has 1 aromatic heterocycles. The van der Waals surface area contributed by atoms with Crippen LogP contribution in [0.1, 0.15) is 43.6 Å². The first-order valence-electron chi connectivity index (χ1n) is 10.0. The van der Waals surface area contributed by atoms with Crippen molar-refractivity contribution in [2.45, 2.75) is 19.5 Å².